The van der Waals surface area contributed by atoms with E-state index in [0.717, 1.165) is 11.1 Å². The van der Waals surface area contributed by atoms with Gasteiger partial charge in [0.15, 0.2) is 0 Å². The van der Waals surface area contributed by atoms with Crippen molar-refractivity contribution < 1.29 is 0 Å². The molecule has 0 aliphatic heterocycles. The van der Waals surface area contributed by atoms with Gasteiger partial charge in [-0.05, 0) is 29.8 Å². The molecule has 2 heterocycles. The summed E-state index contributed by atoms with van der Waals surface area (Å²) in [4.78, 5) is 7.92. The normalized spacial score (nSPS) is 9.36. The molecule has 0 aliphatic carbocycles. The smallest absolute Gasteiger partial charge is 0.140 e. The maximum atomic E-state index is 8.58. The molecule has 3 nitrogen and oxygen atoms in total. The van der Waals surface area contributed by atoms with Crippen molar-refractivity contribution in [1.29, 1.82) is 5.26 Å². The summed E-state index contributed by atoms with van der Waals surface area (Å²) in [7, 11) is 0. The molecule has 2 aromatic heterocycles. The van der Waals surface area contributed by atoms with Gasteiger partial charge in [0.2, 0.25) is 0 Å². The van der Waals surface area contributed by atoms with Crippen molar-refractivity contribution in [2.24, 2.45) is 0 Å². The minimum atomic E-state index is 0.433. The van der Waals surface area contributed by atoms with Gasteiger partial charge in [0.05, 0.1) is 0 Å². The van der Waals surface area contributed by atoms with Gasteiger partial charge in [-0.2, -0.15) is 5.26 Å². The van der Waals surface area contributed by atoms with Crippen LogP contribution in [0.4, 0.5) is 0 Å². The number of aromatic nitrogens is 2. The van der Waals surface area contributed by atoms with Gasteiger partial charge in [-0.25, -0.2) is 4.98 Å². The van der Waals surface area contributed by atoms with Gasteiger partial charge in [0, 0.05) is 24.2 Å². The first kappa shape index (κ1) is 8.39. The Kier molecular flexibility index (Phi) is 2.20. The minimum Gasteiger partial charge on any atom is -0.265 e. The van der Waals surface area contributed by atoms with E-state index in [2.05, 4.69) is 9.97 Å². The van der Waals surface area contributed by atoms with E-state index in [0.29, 0.717) is 5.69 Å². The van der Waals surface area contributed by atoms with E-state index in [1.807, 2.05) is 24.3 Å². The second-order valence-electron chi connectivity index (χ2n) is 2.78. The van der Waals surface area contributed by atoms with Gasteiger partial charge in [-0.15, -0.1) is 0 Å². The number of nitrogens with zero attached hydrogens (tertiary/aromatic N) is 3. The van der Waals surface area contributed by atoms with E-state index in [9.17, 15) is 0 Å². The maximum absolute atomic E-state index is 8.58. The number of pyridine rings is 2. The molecule has 2 rings (SSSR count). The molecule has 0 atom stereocenters. The average molecular weight is 181 g/mol. The molecule has 0 bridgehead atoms. The van der Waals surface area contributed by atoms with Gasteiger partial charge < -0.3 is 0 Å². The highest BCUT2D eigenvalue weighted by atomic mass is 14.7. The van der Waals surface area contributed by atoms with Gasteiger partial charge in [0.1, 0.15) is 11.8 Å². The van der Waals surface area contributed by atoms with Crippen LogP contribution < -0.4 is 0 Å². The lowest BCUT2D eigenvalue weighted by Crippen LogP contribution is -1.83. The van der Waals surface area contributed by atoms with Gasteiger partial charge in [-0.3, -0.25) is 4.98 Å². The Morgan fingerprint density at radius 3 is 2.36 bits per heavy atom. The molecule has 0 unspecified atom stereocenters. The summed E-state index contributed by atoms with van der Waals surface area (Å²) in [5.41, 5.74) is 2.48. The third-order valence-electron chi connectivity index (χ3n) is 1.89. The van der Waals surface area contributed by atoms with E-state index in [-0.39, 0.29) is 0 Å². The Labute approximate surface area is 81.7 Å². The van der Waals surface area contributed by atoms with E-state index in [1.54, 1.807) is 24.7 Å². The summed E-state index contributed by atoms with van der Waals surface area (Å²) >= 11 is 0. The Hall–Kier alpha value is -2.21. The van der Waals surface area contributed by atoms with Gasteiger partial charge in [0.25, 0.3) is 0 Å². The summed E-state index contributed by atoms with van der Waals surface area (Å²) in [6.07, 6.45) is 5.15. The standard InChI is InChI=1S/C11H7N3/c12-7-11-2-1-10(8-14-11)9-3-5-13-6-4-9/h1-6,8H. The van der Waals surface area contributed by atoms with Gasteiger partial charge >= 0.3 is 0 Å². The van der Waals surface area contributed by atoms with Crippen molar-refractivity contribution in [1.82, 2.24) is 9.97 Å². The lowest BCUT2D eigenvalue weighted by atomic mass is 10.1. The van der Waals surface area contributed by atoms with Crippen LogP contribution in [0, 0.1) is 11.3 Å². The zero-order chi connectivity index (χ0) is 9.80. The molecule has 0 saturated heterocycles. The van der Waals surface area contributed by atoms with Crippen molar-refractivity contribution in [2.45, 2.75) is 0 Å². The highest BCUT2D eigenvalue weighted by Gasteiger charge is 1.97. The Bertz CT molecular complexity index is 454. The number of hydrogen-bond donors (Lipinski definition) is 0. The Balaban J connectivity index is 2.40. The second kappa shape index (κ2) is 3.67. The quantitative estimate of drug-likeness (QED) is 0.676. The van der Waals surface area contributed by atoms with Gasteiger partial charge in [-0.1, -0.05) is 0 Å². The fourth-order valence-corrected chi connectivity index (χ4v) is 1.18. The largest absolute Gasteiger partial charge is 0.265 e. The molecule has 0 radical (unpaired) electrons. The number of nitriles is 1. The fraction of sp³-hybridized carbons (Fsp3) is 0. The molecule has 0 N–H and O–H groups in total. The molecule has 2 aromatic rings. The van der Waals surface area contributed by atoms with Crippen LogP contribution in [0.15, 0.2) is 42.9 Å². The lowest BCUT2D eigenvalue weighted by molar-refractivity contribution is 1.26. The first-order valence-electron chi connectivity index (χ1n) is 4.17. The first-order chi connectivity index (χ1) is 6.90. The van der Waals surface area contributed by atoms with Crippen LogP contribution in [0.2, 0.25) is 0 Å². The maximum Gasteiger partial charge on any atom is 0.140 e. The third-order valence-corrected chi connectivity index (χ3v) is 1.89. The molecule has 14 heavy (non-hydrogen) atoms. The van der Waals surface area contributed by atoms with E-state index < -0.39 is 0 Å². The predicted octanol–water partition coefficient (Wildman–Crippen LogP) is 2.02. The summed E-state index contributed by atoms with van der Waals surface area (Å²) < 4.78 is 0. The summed E-state index contributed by atoms with van der Waals surface area (Å²) in [6, 6.07) is 9.37. The van der Waals surface area contributed by atoms with E-state index in [1.165, 1.54) is 0 Å². The predicted molar refractivity (Wildman–Crippen MR) is 52.2 cm³/mol. The highest BCUT2D eigenvalue weighted by Crippen LogP contribution is 2.16. The molecule has 3 heteroatoms. The van der Waals surface area contributed by atoms with Crippen molar-refractivity contribution in [3.05, 3.63) is 48.5 Å². The molecular formula is C11H7N3. The first-order valence-corrected chi connectivity index (χ1v) is 4.17. The molecule has 0 aromatic carbocycles. The van der Waals surface area contributed by atoms with E-state index in [4.69, 9.17) is 5.26 Å². The highest BCUT2D eigenvalue weighted by molar-refractivity contribution is 5.61. The zero-order valence-electron chi connectivity index (χ0n) is 7.38. The fourth-order valence-electron chi connectivity index (χ4n) is 1.18. The van der Waals surface area contributed by atoms with Crippen LogP contribution in [-0.2, 0) is 0 Å². The van der Waals surface area contributed by atoms with Crippen LogP contribution >= 0.6 is 0 Å². The van der Waals surface area contributed by atoms with Crippen LogP contribution in [0.1, 0.15) is 5.69 Å². The van der Waals surface area contributed by atoms with Crippen LogP contribution in [0.25, 0.3) is 11.1 Å². The van der Waals surface area contributed by atoms with E-state index >= 15 is 0 Å². The van der Waals surface area contributed by atoms with Crippen LogP contribution in [0.5, 0.6) is 0 Å². The number of hydrogen-bond acceptors (Lipinski definition) is 3. The minimum absolute atomic E-state index is 0.433. The second-order valence-corrected chi connectivity index (χ2v) is 2.78. The molecular weight excluding hydrogens is 174 g/mol. The zero-order valence-corrected chi connectivity index (χ0v) is 7.38. The van der Waals surface area contributed by atoms with Crippen LogP contribution in [0.3, 0.4) is 0 Å². The molecule has 0 aliphatic rings. The Morgan fingerprint density at radius 2 is 1.79 bits per heavy atom. The summed E-state index contributed by atoms with van der Waals surface area (Å²) in [5.74, 6) is 0. The van der Waals surface area contributed by atoms with Crippen LogP contribution in [-0.4, -0.2) is 9.97 Å². The molecule has 0 fully saturated rings. The molecule has 66 valence electrons. The lowest BCUT2D eigenvalue weighted by Gasteiger charge is -1.98. The molecule has 0 spiro atoms. The van der Waals surface area contributed by atoms with Crippen molar-refractivity contribution in [3.8, 4) is 17.2 Å². The number of rotatable bonds is 1. The molecule has 0 saturated carbocycles. The van der Waals surface area contributed by atoms with Crippen molar-refractivity contribution in [3.63, 3.8) is 0 Å². The van der Waals surface area contributed by atoms with Crippen molar-refractivity contribution >= 4 is 0 Å². The Morgan fingerprint density at radius 1 is 1.00 bits per heavy atom. The summed E-state index contributed by atoms with van der Waals surface area (Å²) in [5, 5.41) is 8.58. The average Bonchev–Trinajstić information content (AvgIpc) is 2.30. The van der Waals surface area contributed by atoms with Crippen molar-refractivity contribution in [2.75, 3.05) is 0 Å². The SMILES string of the molecule is N#Cc1ccc(-c2ccncc2)cn1. The topological polar surface area (TPSA) is 49.6 Å². The monoisotopic (exact) mass is 181 g/mol. The molecule has 0 amide bonds. The summed E-state index contributed by atoms with van der Waals surface area (Å²) in [6.45, 7) is 0. The third kappa shape index (κ3) is 1.59.